The summed E-state index contributed by atoms with van der Waals surface area (Å²) in [5.74, 6) is 0.889. The third-order valence-corrected chi connectivity index (χ3v) is 7.21. The van der Waals surface area contributed by atoms with Crippen LogP contribution in [0.4, 0.5) is 15.6 Å². The van der Waals surface area contributed by atoms with Gasteiger partial charge in [0, 0.05) is 36.4 Å². The summed E-state index contributed by atoms with van der Waals surface area (Å²) < 4.78 is 5.90. The summed E-state index contributed by atoms with van der Waals surface area (Å²) >= 11 is 1.34. The van der Waals surface area contributed by atoms with Gasteiger partial charge in [-0.05, 0) is 62.0 Å². The molecule has 4 N–H and O–H groups in total. The van der Waals surface area contributed by atoms with Crippen molar-refractivity contribution in [2.75, 3.05) is 50.0 Å². The molecular weight excluding hydrogens is 490 g/mol. The number of carbonyl (C=O) groups excluding carboxylic acids is 2. The summed E-state index contributed by atoms with van der Waals surface area (Å²) in [6, 6.07) is 9.16. The first-order chi connectivity index (χ1) is 18.1. The average Bonchev–Trinajstić information content (AvgIpc) is 3.58. The third-order valence-electron chi connectivity index (χ3n) is 6.11. The molecule has 0 aliphatic carbocycles. The standard InChI is InChI=1S/C26H33N7O3S/c1-3-33(4-2)13-14-36-20-7-5-18(6-8-20)22-15-21(24(34)30-19-9-10-27-16-19)25(37-22)32-26(35)31-23-17-28-11-12-29-23/h5-8,11-12,15,17,19,27H,3-4,9-10,13-14,16H2,1-2H3,(H,30,34)(H2,29,31,32,35). The van der Waals surface area contributed by atoms with Crippen LogP contribution >= 0.6 is 11.3 Å². The summed E-state index contributed by atoms with van der Waals surface area (Å²) in [6.45, 7) is 9.37. The lowest BCUT2D eigenvalue weighted by Gasteiger charge is -2.18. The predicted molar refractivity (Wildman–Crippen MR) is 146 cm³/mol. The second-order valence-electron chi connectivity index (χ2n) is 8.59. The van der Waals surface area contributed by atoms with Crippen LogP contribution in [-0.4, -0.2) is 72.2 Å². The molecule has 0 saturated carbocycles. The van der Waals surface area contributed by atoms with Gasteiger partial charge in [-0.1, -0.05) is 13.8 Å². The highest BCUT2D eigenvalue weighted by atomic mass is 32.1. The van der Waals surface area contributed by atoms with Gasteiger partial charge in [-0.3, -0.25) is 20.4 Å². The van der Waals surface area contributed by atoms with E-state index in [-0.39, 0.29) is 11.9 Å². The average molecular weight is 524 g/mol. The van der Waals surface area contributed by atoms with Crippen LogP contribution in [0.5, 0.6) is 5.75 Å². The number of aromatic nitrogens is 2. The van der Waals surface area contributed by atoms with Crippen LogP contribution in [0.1, 0.15) is 30.6 Å². The Balaban J connectivity index is 1.48. The van der Waals surface area contributed by atoms with Gasteiger partial charge in [-0.25, -0.2) is 9.78 Å². The number of hydrogen-bond donors (Lipinski definition) is 4. The first kappa shape index (κ1) is 26.5. The fraction of sp³-hybridized carbons (Fsp3) is 0.385. The molecule has 37 heavy (non-hydrogen) atoms. The largest absolute Gasteiger partial charge is 0.492 e. The molecule has 4 rings (SSSR count). The second kappa shape index (κ2) is 13.1. The van der Waals surface area contributed by atoms with Gasteiger partial charge in [0.2, 0.25) is 0 Å². The zero-order chi connectivity index (χ0) is 26.0. The van der Waals surface area contributed by atoms with E-state index in [9.17, 15) is 9.59 Å². The normalized spacial score (nSPS) is 14.9. The van der Waals surface area contributed by atoms with E-state index in [1.165, 1.54) is 29.9 Å². The predicted octanol–water partition coefficient (Wildman–Crippen LogP) is 3.66. The third kappa shape index (κ3) is 7.48. The minimum Gasteiger partial charge on any atom is -0.492 e. The molecule has 1 unspecified atom stereocenters. The van der Waals surface area contributed by atoms with Crippen LogP contribution in [0, 0.1) is 0 Å². The topological polar surface area (TPSA) is 121 Å². The summed E-state index contributed by atoms with van der Waals surface area (Å²) in [6.07, 6.45) is 5.33. The van der Waals surface area contributed by atoms with Crippen molar-refractivity contribution in [2.24, 2.45) is 0 Å². The Bertz CT molecular complexity index is 1160. The van der Waals surface area contributed by atoms with E-state index in [1.54, 1.807) is 0 Å². The number of likely N-dealkylation sites (N-methyl/N-ethyl adjacent to an activating group) is 1. The molecule has 0 spiro atoms. The Labute approximate surface area is 220 Å². The number of rotatable bonds is 11. The first-order valence-corrected chi connectivity index (χ1v) is 13.3. The fourth-order valence-electron chi connectivity index (χ4n) is 4.00. The lowest BCUT2D eigenvalue weighted by molar-refractivity contribution is 0.0941. The molecule has 1 aromatic carbocycles. The number of hydrogen-bond acceptors (Lipinski definition) is 8. The Morgan fingerprint density at radius 1 is 1.16 bits per heavy atom. The van der Waals surface area contributed by atoms with Crippen molar-refractivity contribution in [1.29, 1.82) is 0 Å². The van der Waals surface area contributed by atoms with E-state index in [2.05, 4.69) is 50.0 Å². The van der Waals surface area contributed by atoms with Gasteiger partial charge in [-0.2, -0.15) is 0 Å². The van der Waals surface area contributed by atoms with Crippen LogP contribution in [-0.2, 0) is 0 Å². The molecule has 0 bridgehead atoms. The molecule has 3 amide bonds. The summed E-state index contributed by atoms with van der Waals surface area (Å²) in [5, 5.41) is 12.2. The van der Waals surface area contributed by atoms with Crippen LogP contribution in [0.15, 0.2) is 48.9 Å². The maximum Gasteiger partial charge on any atom is 0.325 e. The van der Waals surface area contributed by atoms with Gasteiger partial charge >= 0.3 is 6.03 Å². The number of amides is 3. The lowest BCUT2D eigenvalue weighted by atomic mass is 10.1. The van der Waals surface area contributed by atoms with Crippen molar-refractivity contribution < 1.29 is 14.3 Å². The summed E-state index contributed by atoms with van der Waals surface area (Å²) in [5.41, 5.74) is 1.35. The number of thiophene rings is 1. The second-order valence-corrected chi connectivity index (χ2v) is 9.64. The number of nitrogens with zero attached hydrogens (tertiary/aromatic N) is 3. The minimum absolute atomic E-state index is 0.0601. The van der Waals surface area contributed by atoms with Crippen molar-refractivity contribution in [2.45, 2.75) is 26.3 Å². The highest BCUT2D eigenvalue weighted by Gasteiger charge is 2.23. The molecule has 1 fully saturated rings. The Morgan fingerprint density at radius 2 is 1.97 bits per heavy atom. The van der Waals surface area contributed by atoms with Crippen molar-refractivity contribution in [3.05, 3.63) is 54.5 Å². The highest BCUT2D eigenvalue weighted by molar-refractivity contribution is 7.20. The maximum absolute atomic E-state index is 13.1. The van der Waals surface area contributed by atoms with Crippen LogP contribution in [0.3, 0.4) is 0 Å². The zero-order valence-corrected chi connectivity index (χ0v) is 21.9. The van der Waals surface area contributed by atoms with E-state index >= 15 is 0 Å². The van der Waals surface area contributed by atoms with Crippen molar-refractivity contribution in [1.82, 2.24) is 25.5 Å². The molecule has 2 aromatic heterocycles. The number of nitrogens with one attached hydrogen (secondary N) is 4. The number of urea groups is 1. The van der Waals surface area contributed by atoms with E-state index in [1.807, 2.05) is 30.3 Å². The van der Waals surface area contributed by atoms with Crippen molar-refractivity contribution >= 4 is 34.1 Å². The molecule has 0 radical (unpaired) electrons. The van der Waals surface area contributed by atoms with Gasteiger partial charge in [0.25, 0.3) is 5.91 Å². The molecule has 3 aromatic rings. The molecule has 196 valence electrons. The molecule has 1 aliphatic heterocycles. The maximum atomic E-state index is 13.1. The van der Waals surface area contributed by atoms with E-state index < -0.39 is 6.03 Å². The van der Waals surface area contributed by atoms with Gasteiger partial charge in [0.1, 0.15) is 17.4 Å². The monoisotopic (exact) mass is 523 g/mol. The van der Waals surface area contributed by atoms with Gasteiger partial charge < -0.3 is 20.3 Å². The van der Waals surface area contributed by atoms with Crippen molar-refractivity contribution in [3.8, 4) is 16.2 Å². The van der Waals surface area contributed by atoms with Crippen LogP contribution < -0.4 is 26.0 Å². The minimum atomic E-state index is -0.498. The summed E-state index contributed by atoms with van der Waals surface area (Å²) in [7, 11) is 0. The first-order valence-electron chi connectivity index (χ1n) is 12.5. The summed E-state index contributed by atoms with van der Waals surface area (Å²) in [4.78, 5) is 36.9. The zero-order valence-electron chi connectivity index (χ0n) is 21.1. The molecule has 1 atom stereocenters. The lowest BCUT2D eigenvalue weighted by Crippen LogP contribution is -2.36. The van der Waals surface area contributed by atoms with Crippen molar-refractivity contribution in [3.63, 3.8) is 0 Å². The van der Waals surface area contributed by atoms with Gasteiger partial charge in [-0.15, -0.1) is 11.3 Å². The molecule has 10 nitrogen and oxygen atoms in total. The molecule has 11 heteroatoms. The Morgan fingerprint density at radius 3 is 2.65 bits per heavy atom. The molecule has 1 aliphatic rings. The molecule has 3 heterocycles. The number of benzene rings is 1. The SMILES string of the molecule is CCN(CC)CCOc1ccc(-c2cc(C(=O)NC3CCNC3)c(NC(=O)Nc3cnccn3)s2)cc1. The molecular formula is C26H33N7O3S. The smallest absolute Gasteiger partial charge is 0.325 e. The number of carbonyl (C=O) groups is 2. The Hall–Kier alpha value is -3.54. The van der Waals surface area contributed by atoms with Crippen LogP contribution in [0.2, 0.25) is 0 Å². The fourth-order valence-corrected chi connectivity index (χ4v) is 5.05. The number of ether oxygens (including phenoxy) is 1. The quantitative estimate of drug-likeness (QED) is 0.303. The van der Waals surface area contributed by atoms with Crippen LogP contribution in [0.25, 0.3) is 10.4 Å². The van der Waals surface area contributed by atoms with Gasteiger partial charge in [0.05, 0.1) is 11.8 Å². The van der Waals surface area contributed by atoms with E-state index in [0.717, 1.165) is 55.3 Å². The van der Waals surface area contributed by atoms with Gasteiger partial charge in [0.15, 0.2) is 5.82 Å². The number of anilines is 2. The van der Waals surface area contributed by atoms with E-state index in [0.29, 0.717) is 23.0 Å². The van der Waals surface area contributed by atoms with E-state index in [4.69, 9.17) is 4.74 Å². The Kier molecular flexibility index (Phi) is 9.41. The molecule has 1 saturated heterocycles. The highest BCUT2D eigenvalue weighted by Crippen LogP contribution is 2.36.